The first-order chi connectivity index (χ1) is 15.1. The Morgan fingerprint density at radius 3 is 2.81 bits per heavy atom. The molecule has 3 heterocycles. The molecule has 156 valence electrons. The second-order valence-electron chi connectivity index (χ2n) is 7.22. The summed E-state index contributed by atoms with van der Waals surface area (Å²) in [5.74, 6) is 1.07. The van der Waals surface area contributed by atoms with Crippen LogP contribution in [0.1, 0.15) is 12.5 Å². The minimum Gasteiger partial charge on any atom is -0.454 e. The van der Waals surface area contributed by atoms with Crippen molar-refractivity contribution in [1.82, 2.24) is 14.2 Å². The summed E-state index contributed by atoms with van der Waals surface area (Å²) in [4.78, 5) is 25.5. The van der Waals surface area contributed by atoms with Gasteiger partial charge in [-0.1, -0.05) is 25.1 Å². The van der Waals surface area contributed by atoms with Gasteiger partial charge in [0.25, 0.3) is 5.56 Å². The summed E-state index contributed by atoms with van der Waals surface area (Å²) in [5, 5.41) is 7.38. The van der Waals surface area contributed by atoms with Crippen molar-refractivity contribution in [1.29, 1.82) is 0 Å². The zero-order valence-electron chi connectivity index (χ0n) is 16.9. The molecule has 5 rings (SSSR count). The minimum atomic E-state index is -0.291. The van der Waals surface area contributed by atoms with E-state index in [1.54, 1.807) is 18.5 Å². The fraction of sp³-hybridized carbons (Fsp3) is 0.174. The predicted molar refractivity (Wildman–Crippen MR) is 115 cm³/mol. The minimum absolute atomic E-state index is 0.0854. The fourth-order valence-electron chi connectivity index (χ4n) is 3.64. The standard InChI is InChI=1S/C23H20N4O4/c1-2-15-5-3-4-6-17(15)24-22(28)13-26-9-10-27-19(23(26)29)12-18(25-27)16-7-8-20-21(11-16)31-14-30-20/h3-12H,2,13-14H2,1H3,(H,24,28). The van der Waals surface area contributed by atoms with E-state index in [0.717, 1.165) is 23.2 Å². The first-order valence-corrected chi connectivity index (χ1v) is 9.99. The summed E-state index contributed by atoms with van der Waals surface area (Å²) < 4.78 is 13.7. The van der Waals surface area contributed by atoms with Crippen LogP contribution in [0.3, 0.4) is 0 Å². The third-order valence-electron chi connectivity index (χ3n) is 5.26. The van der Waals surface area contributed by atoms with E-state index >= 15 is 0 Å². The number of fused-ring (bicyclic) bond motifs is 2. The van der Waals surface area contributed by atoms with Crippen LogP contribution in [0.4, 0.5) is 5.69 Å². The quantitative estimate of drug-likeness (QED) is 0.540. The summed E-state index contributed by atoms with van der Waals surface area (Å²) in [6.45, 7) is 2.14. The van der Waals surface area contributed by atoms with E-state index < -0.39 is 0 Å². The molecule has 0 radical (unpaired) electrons. The van der Waals surface area contributed by atoms with Gasteiger partial charge in [-0.25, -0.2) is 4.52 Å². The monoisotopic (exact) mass is 416 g/mol. The SMILES string of the molecule is CCc1ccccc1NC(=O)Cn1ccn2nc(-c3ccc4c(c3)OCO4)cc2c1=O. The Morgan fingerprint density at radius 2 is 1.94 bits per heavy atom. The van der Waals surface area contributed by atoms with Crippen LogP contribution >= 0.6 is 0 Å². The van der Waals surface area contributed by atoms with Crippen LogP contribution in [0.5, 0.6) is 11.5 Å². The van der Waals surface area contributed by atoms with Crippen molar-refractivity contribution in [3.8, 4) is 22.8 Å². The lowest BCUT2D eigenvalue weighted by atomic mass is 10.1. The number of carbonyl (C=O) groups excluding carboxylic acids is 1. The Morgan fingerprint density at radius 1 is 1.10 bits per heavy atom. The number of para-hydroxylation sites is 1. The van der Waals surface area contributed by atoms with Crippen LogP contribution in [0.25, 0.3) is 16.8 Å². The van der Waals surface area contributed by atoms with Crippen LogP contribution in [0.2, 0.25) is 0 Å². The molecule has 0 aliphatic carbocycles. The highest BCUT2D eigenvalue weighted by molar-refractivity contribution is 5.91. The van der Waals surface area contributed by atoms with E-state index in [0.29, 0.717) is 22.7 Å². The molecule has 1 aliphatic rings. The van der Waals surface area contributed by atoms with E-state index in [1.807, 2.05) is 49.4 Å². The largest absolute Gasteiger partial charge is 0.454 e. The molecule has 8 heteroatoms. The van der Waals surface area contributed by atoms with E-state index in [4.69, 9.17) is 9.47 Å². The molecule has 8 nitrogen and oxygen atoms in total. The van der Waals surface area contributed by atoms with Crippen molar-refractivity contribution in [2.75, 3.05) is 12.1 Å². The highest BCUT2D eigenvalue weighted by atomic mass is 16.7. The zero-order valence-corrected chi connectivity index (χ0v) is 16.9. The van der Waals surface area contributed by atoms with Gasteiger partial charge in [-0.2, -0.15) is 5.10 Å². The predicted octanol–water partition coefficient (Wildman–Crippen LogP) is 3.09. The summed E-state index contributed by atoms with van der Waals surface area (Å²) in [6, 6.07) is 14.9. The molecule has 2 aromatic heterocycles. The third-order valence-corrected chi connectivity index (χ3v) is 5.26. The Labute approximate surface area is 177 Å². The lowest BCUT2D eigenvalue weighted by Crippen LogP contribution is -2.28. The van der Waals surface area contributed by atoms with Gasteiger partial charge in [-0.3, -0.25) is 9.59 Å². The number of aryl methyl sites for hydroxylation is 1. The van der Waals surface area contributed by atoms with Crippen LogP contribution in [0.15, 0.2) is 65.7 Å². The van der Waals surface area contributed by atoms with Gasteiger partial charge < -0.3 is 19.4 Å². The normalized spacial score (nSPS) is 12.3. The van der Waals surface area contributed by atoms with Crippen LogP contribution in [0, 0.1) is 0 Å². The van der Waals surface area contributed by atoms with Gasteiger partial charge in [0, 0.05) is 23.6 Å². The topological polar surface area (TPSA) is 86.9 Å². The number of nitrogens with zero attached hydrogens (tertiary/aromatic N) is 3. The average Bonchev–Trinajstić information content (AvgIpc) is 3.43. The molecule has 0 atom stereocenters. The zero-order chi connectivity index (χ0) is 21.4. The second-order valence-corrected chi connectivity index (χ2v) is 7.22. The van der Waals surface area contributed by atoms with E-state index in [9.17, 15) is 9.59 Å². The Kier molecular flexibility index (Phi) is 4.66. The second kappa shape index (κ2) is 7.64. The summed E-state index contributed by atoms with van der Waals surface area (Å²) in [7, 11) is 0. The highest BCUT2D eigenvalue weighted by Gasteiger charge is 2.16. The number of carbonyl (C=O) groups is 1. The molecule has 0 saturated carbocycles. The summed E-state index contributed by atoms with van der Waals surface area (Å²) in [5.41, 5.74) is 3.35. The van der Waals surface area contributed by atoms with Crippen molar-refractivity contribution in [2.45, 2.75) is 19.9 Å². The fourth-order valence-corrected chi connectivity index (χ4v) is 3.64. The molecule has 0 bridgehead atoms. The van der Waals surface area contributed by atoms with Gasteiger partial charge in [-0.05, 0) is 42.3 Å². The number of hydrogen-bond donors (Lipinski definition) is 1. The van der Waals surface area contributed by atoms with Gasteiger partial charge in [0.05, 0.1) is 5.69 Å². The van der Waals surface area contributed by atoms with E-state index in [-0.39, 0.29) is 24.8 Å². The molecule has 4 aromatic rings. The van der Waals surface area contributed by atoms with Gasteiger partial charge in [0.1, 0.15) is 12.1 Å². The van der Waals surface area contributed by atoms with Crippen molar-refractivity contribution in [3.05, 3.63) is 76.8 Å². The molecular weight excluding hydrogens is 396 g/mol. The number of nitrogens with one attached hydrogen (secondary N) is 1. The first kappa shape index (κ1) is 18.9. The van der Waals surface area contributed by atoms with Crippen molar-refractivity contribution in [3.63, 3.8) is 0 Å². The van der Waals surface area contributed by atoms with Gasteiger partial charge in [-0.15, -0.1) is 0 Å². The van der Waals surface area contributed by atoms with Gasteiger partial charge >= 0.3 is 0 Å². The lowest BCUT2D eigenvalue weighted by Gasteiger charge is -2.10. The maximum atomic E-state index is 12.9. The van der Waals surface area contributed by atoms with Gasteiger partial charge in [0.2, 0.25) is 12.7 Å². The summed E-state index contributed by atoms with van der Waals surface area (Å²) >= 11 is 0. The Hall–Kier alpha value is -4.07. The van der Waals surface area contributed by atoms with Gasteiger partial charge in [0.15, 0.2) is 11.5 Å². The molecule has 0 saturated heterocycles. The van der Waals surface area contributed by atoms with Crippen LogP contribution in [-0.4, -0.2) is 26.9 Å². The van der Waals surface area contributed by atoms with E-state index in [1.165, 1.54) is 9.08 Å². The molecule has 0 spiro atoms. The average molecular weight is 416 g/mol. The molecule has 0 unspecified atom stereocenters. The number of hydrogen-bond acceptors (Lipinski definition) is 5. The van der Waals surface area contributed by atoms with Crippen molar-refractivity contribution >= 4 is 17.1 Å². The molecule has 1 N–H and O–H groups in total. The number of ether oxygens (including phenoxy) is 2. The van der Waals surface area contributed by atoms with E-state index in [2.05, 4.69) is 10.4 Å². The summed E-state index contributed by atoms with van der Waals surface area (Å²) in [6.07, 6.45) is 4.04. The molecule has 1 aliphatic heterocycles. The third kappa shape index (κ3) is 3.52. The molecule has 2 aromatic carbocycles. The number of aromatic nitrogens is 3. The molecule has 0 fully saturated rings. The molecular formula is C23H20N4O4. The number of amides is 1. The Balaban J connectivity index is 1.41. The smallest absolute Gasteiger partial charge is 0.277 e. The molecule has 1 amide bonds. The maximum Gasteiger partial charge on any atom is 0.277 e. The highest BCUT2D eigenvalue weighted by Crippen LogP contribution is 2.35. The number of anilines is 1. The maximum absolute atomic E-state index is 12.9. The molecule has 31 heavy (non-hydrogen) atoms. The Bertz CT molecular complexity index is 1360. The van der Waals surface area contributed by atoms with Crippen molar-refractivity contribution < 1.29 is 14.3 Å². The number of benzene rings is 2. The van der Waals surface area contributed by atoms with Crippen molar-refractivity contribution in [2.24, 2.45) is 0 Å². The van der Waals surface area contributed by atoms with Crippen LogP contribution in [-0.2, 0) is 17.8 Å². The lowest BCUT2D eigenvalue weighted by molar-refractivity contribution is -0.116. The first-order valence-electron chi connectivity index (χ1n) is 9.99. The van der Waals surface area contributed by atoms with Crippen LogP contribution < -0.4 is 20.3 Å². The number of rotatable bonds is 5.